The first kappa shape index (κ1) is 22.8. The molecule has 0 aliphatic carbocycles. The van der Waals surface area contributed by atoms with Crippen LogP contribution in [-0.2, 0) is 10.0 Å². The Morgan fingerprint density at radius 2 is 1.97 bits per heavy atom. The molecule has 0 amide bonds. The summed E-state index contributed by atoms with van der Waals surface area (Å²) in [5, 5.41) is 3.07. The first-order valence-electron chi connectivity index (χ1n) is 9.60. The van der Waals surface area contributed by atoms with Crippen molar-refractivity contribution in [3.63, 3.8) is 0 Å². The largest absolute Gasteiger partial charge is 0.490 e. The van der Waals surface area contributed by atoms with E-state index in [9.17, 15) is 22.0 Å². The van der Waals surface area contributed by atoms with E-state index >= 15 is 0 Å². The van der Waals surface area contributed by atoms with Crippen molar-refractivity contribution < 1.29 is 26.7 Å². The molecule has 168 valence electrons. The summed E-state index contributed by atoms with van der Waals surface area (Å²) in [5.41, 5.74) is 5.48. The number of carbonyl (C=O) groups is 1. The van der Waals surface area contributed by atoms with E-state index in [0.717, 1.165) is 6.07 Å². The number of hydrogen-bond acceptors (Lipinski definition) is 8. The van der Waals surface area contributed by atoms with E-state index in [2.05, 4.69) is 15.3 Å². The van der Waals surface area contributed by atoms with Crippen LogP contribution in [0.4, 0.5) is 20.5 Å². The maximum atomic E-state index is 14.1. The Labute approximate surface area is 178 Å². The van der Waals surface area contributed by atoms with Crippen molar-refractivity contribution in [2.45, 2.75) is 25.8 Å². The van der Waals surface area contributed by atoms with Crippen LogP contribution in [0, 0.1) is 11.6 Å². The van der Waals surface area contributed by atoms with Crippen molar-refractivity contribution in [2.75, 3.05) is 37.0 Å². The number of ketones is 1. The lowest BCUT2D eigenvalue weighted by Crippen LogP contribution is -2.42. The van der Waals surface area contributed by atoms with Crippen LogP contribution in [0.3, 0.4) is 0 Å². The minimum Gasteiger partial charge on any atom is -0.490 e. The molecule has 0 saturated carbocycles. The molecule has 3 N–H and O–H groups in total. The second-order valence-corrected chi connectivity index (χ2v) is 9.08. The third kappa shape index (κ3) is 5.25. The van der Waals surface area contributed by atoms with Crippen LogP contribution < -0.4 is 15.8 Å². The van der Waals surface area contributed by atoms with E-state index in [1.165, 1.54) is 16.8 Å². The van der Waals surface area contributed by atoms with Crippen LogP contribution in [-0.4, -0.2) is 60.5 Å². The molecule has 2 aromatic rings. The lowest BCUT2D eigenvalue weighted by atomic mass is 10.0. The van der Waals surface area contributed by atoms with E-state index in [1.807, 2.05) is 0 Å². The number of sulfonamides is 1. The Hall–Kier alpha value is -2.86. The van der Waals surface area contributed by atoms with Gasteiger partial charge in [-0.2, -0.15) is 4.98 Å². The van der Waals surface area contributed by atoms with Crippen LogP contribution in [0.25, 0.3) is 0 Å². The second-order valence-electron chi connectivity index (χ2n) is 7.10. The lowest BCUT2D eigenvalue weighted by molar-refractivity contribution is 0.103. The van der Waals surface area contributed by atoms with Crippen molar-refractivity contribution in [1.82, 2.24) is 14.3 Å². The number of aromatic nitrogens is 2. The number of anilines is 2. The Kier molecular flexibility index (Phi) is 6.70. The van der Waals surface area contributed by atoms with Crippen LogP contribution in [0.15, 0.2) is 18.3 Å². The molecule has 1 aliphatic heterocycles. The molecule has 0 spiro atoms. The summed E-state index contributed by atoms with van der Waals surface area (Å²) in [6.45, 7) is 2.42. The van der Waals surface area contributed by atoms with Gasteiger partial charge in [-0.25, -0.2) is 26.5 Å². The SMILES string of the molecule is CCOc1c(F)cc(F)cc1C(=O)c1cnc(NC2CCN(S(C)(=O)=O)CC2)nc1N. The van der Waals surface area contributed by atoms with Gasteiger partial charge in [0.2, 0.25) is 21.8 Å². The highest BCUT2D eigenvalue weighted by atomic mass is 32.2. The van der Waals surface area contributed by atoms with E-state index in [4.69, 9.17) is 10.5 Å². The number of rotatable bonds is 7. The normalized spacial score (nSPS) is 15.6. The zero-order valence-electron chi connectivity index (χ0n) is 17.1. The number of benzene rings is 1. The van der Waals surface area contributed by atoms with E-state index in [1.54, 1.807) is 6.92 Å². The number of nitrogen functional groups attached to an aromatic ring is 1. The topological polar surface area (TPSA) is 128 Å². The highest BCUT2D eigenvalue weighted by Crippen LogP contribution is 2.28. The number of nitrogens with one attached hydrogen (secondary N) is 1. The van der Waals surface area contributed by atoms with Crippen molar-refractivity contribution in [2.24, 2.45) is 0 Å². The predicted octanol–water partition coefficient (Wildman–Crippen LogP) is 1.80. The van der Waals surface area contributed by atoms with E-state index in [0.29, 0.717) is 32.0 Å². The number of ether oxygens (including phenoxy) is 1. The lowest BCUT2D eigenvalue weighted by Gasteiger charge is -2.30. The fourth-order valence-corrected chi connectivity index (χ4v) is 4.19. The van der Waals surface area contributed by atoms with Gasteiger partial charge < -0.3 is 15.8 Å². The molecular formula is C19H23F2N5O4S. The van der Waals surface area contributed by atoms with Gasteiger partial charge >= 0.3 is 0 Å². The monoisotopic (exact) mass is 455 g/mol. The molecule has 9 nitrogen and oxygen atoms in total. The molecule has 1 saturated heterocycles. The summed E-state index contributed by atoms with van der Waals surface area (Å²) in [7, 11) is -3.23. The molecule has 1 aromatic carbocycles. The van der Waals surface area contributed by atoms with Gasteiger partial charge in [-0.05, 0) is 25.8 Å². The molecule has 0 atom stereocenters. The van der Waals surface area contributed by atoms with Gasteiger partial charge in [0.1, 0.15) is 11.6 Å². The summed E-state index contributed by atoms with van der Waals surface area (Å²) in [5.74, 6) is -3.06. The summed E-state index contributed by atoms with van der Waals surface area (Å²) < 4.78 is 57.5. The van der Waals surface area contributed by atoms with Gasteiger partial charge in [-0.15, -0.1) is 0 Å². The van der Waals surface area contributed by atoms with Crippen LogP contribution in [0.1, 0.15) is 35.7 Å². The summed E-state index contributed by atoms with van der Waals surface area (Å²) in [6, 6.07) is 1.43. The Morgan fingerprint density at radius 1 is 1.29 bits per heavy atom. The van der Waals surface area contributed by atoms with Crippen molar-refractivity contribution in [1.29, 1.82) is 0 Å². The molecule has 12 heteroatoms. The maximum absolute atomic E-state index is 14.1. The average Bonchev–Trinajstić information content (AvgIpc) is 2.69. The quantitative estimate of drug-likeness (QED) is 0.605. The highest BCUT2D eigenvalue weighted by Gasteiger charge is 2.26. The van der Waals surface area contributed by atoms with Gasteiger partial charge in [0, 0.05) is 31.4 Å². The number of piperidine rings is 1. The first-order chi connectivity index (χ1) is 14.6. The third-order valence-electron chi connectivity index (χ3n) is 4.86. The zero-order chi connectivity index (χ0) is 22.8. The average molecular weight is 455 g/mol. The molecular weight excluding hydrogens is 432 g/mol. The van der Waals surface area contributed by atoms with Crippen molar-refractivity contribution in [3.8, 4) is 5.75 Å². The molecule has 2 heterocycles. The molecule has 1 fully saturated rings. The summed E-state index contributed by atoms with van der Waals surface area (Å²) in [6.07, 6.45) is 3.45. The van der Waals surface area contributed by atoms with E-state index in [-0.39, 0.29) is 41.3 Å². The second kappa shape index (κ2) is 9.10. The molecule has 0 unspecified atom stereocenters. The molecule has 3 rings (SSSR count). The number of hydrogen-bond donors (Lipinski definition) is 2. The van der Waals surface area contributed by atoms with Crippen molar-refractivity contribution >= 4 is 27.6 Å². The fourth-order valence-electron chi connectivity index (χ4n) is 3.32. The van der Waals surface area contributed by atoms with E-state index < -0.39 is 27.4 Å². The van der Waals surface area contributed by atoms with Crippen molar-refractivity contribution in [3.05, 3.63) is 41.1 Å². The fraction of sp³-hybridized carbons (Fsp3) is 0.421. The third-order valence-corrected chi connectivity index (χ3v) is 6.16. The number of carbonyl (C=O) groups excluding carboxylic acids is 1. The van der Waals surface area contributed by atoms with Crippen LogP contribution >= 0.6 is 0 Å². The first-order valence-corrected chi connectivity index (χ1v) is 11.5. The molecule has 0 radical (unpaired) electrons. The minimum atomic E-state index is -3.23. The zero-order valence-corrected chi connectivity index (χ0v) is 17.9. The molecule has 31 heavy (non-hydrogen) atoms. The summed E-state index contributed by atoms with van der Waals surface area (Å²) in [4.78, 5) is 21.0. The van der Waals surface area contributed by atoms with Crippen LogP contribution in [0.2, 0.25) is 0 Å². The minimum absolute atomic E-state index is 0.0687. The Morgan fingerprint density at radius 3 is 2.55 bits per heavy atom. The van der Waals surface area contributed by atoms with Crippen LogP contribution in [0.5, 0.6) is 5.75 Å². The smallest absolute Gasteiger partial charge is 0.224 e. The predicted molar refractivity (Wildman–Crippen MR) is 110 cm³/mol. The molecule has 1 aliphatic rings. The van der Waals surface area contributed by atoms with Gasteiger partial charge in [-0.3, -0.25) is 4.79 Å². The maximum Gasteiger partial charge on any atom is 0.224 e. The number of nitrogens with two attached hydrogens (primary N) is 1. The van der Waals surface area contributed by atoms with Gasteiger partial charge in [0.25, 0.3) is 0 Å². The number of halogens is 2. The highest BCUT2D eigenvalue weighted by molar-refractivity contribution is 7.88. The van der Waals surface area contributed by atoms with Gasteiger partial charge in [-0.1, -0.05) is 0 Å². The van der Waals surface area contributed by atoms with Gasteiger partial charge in [0.05, 0.1) is 24.0 Å². The summed E-state index contributed by atoms with van der Waals surface area (Å²) >= 11 is 0. The van der Waals surface area contributed by atoms with Gasteiger partial charge in [0.15, 0.2) is 11.6 Å². The molecule has 1 aromatic heterocycles. The number of nitrogens with zero attached hydrogens (tertiary/aromatic N) is 3. The Bertz CT molecular complexity index is 1090. The molecule has 0 bridgehead atoms. The Balaban J connectivity index is 1.77. The standard InChI is InChI=1S/C19H23F2N5O4S/c1-3-30-17-13(8-11(20)9-15(17)21)16(27)14-10-23-19(25-18(14)22)24-12-4-6-26(7-5-12)31(2,28)29/h8-10,12H,3-7H2,1-2H3,(H3,22,23,24,25).